The van der Waals surface area contributed by atoms with Crippen LogP contribution >= 0.6 is 12.2 Å². The molecule has 1 aromatic heterocycles. The largest absolute Gasteiger partial charge is 0.267 e. The minimum absolute atomic E-state index is 0.629. The molecule has 0 amide bonds. The molecule has 2 aromatic rings. The minimum atomic E-state index is 0.629. The first kappa shape index (κ1) is 11.5. The van der Waals surface area contributed by atoms with Crippen LogP contribution < -0.4 is 0 Å². The highest BCUT2D eigenvalue weighted by Crippen LogP contribution is 2.23. The van der Waals surface area contributed by atoms with Crippen LogP contribution in [-0.4, -0.2) is 10.2 Å². The Morgan fingerprint density at radius 1 is 1.29 bits per heavy atom. The first-order valence-corrected chi connectivity index (χ1v) is 5.60. The smallest absolute Gasteiger partial charge is 0.122 e. The first-order chi connectivity index (χ1) is 8.13. The van der Waals surface area contributed by atoms with Crippen LogP contribution in [0.2, 0.25) is 0 Å². The summed E-state index contributed by atoms with van der Waals surface area (Å²) in [4.78, 5) is 0. The zero-order valence-electron chi connectivity index (χ0n) is 9.61. The lowest BCUT2D eigenvalue weighted by atomic mass is 10.0. The lowest BCUT2D eigenvalue weighted by Crippen LogP contribution is -1.96. The first-order valence-electron chi connectivity index (χ1n) is 5.20. The van der Waals surface area contributed by atoms with Gasteiger partial charge in [-0.1, -0.05) is 24.4 Å². The quantitative estimate of drug-likeness (QED) is 0.779. The molecule has 0 radical (unpaired) electrons. The zero-order valence-corrected chi connectivity index (χ0v) is 10.4. The molecule has 1 aromatic carbocycles. The van der Waals surface area contributed by atoms with Crippen LogP contribution in [-0.2, 0) is 0 Å². The lowest BCUT2D eigenvalue weighted by molar-refractivity contribution is 0.987. The third-order valence-corrected chi connectivity index (χ3v) is 3.19. The Bertz CT molecular complexity index is 665. The Labute approximate surface area is 105 Å². The molecule has 1 N–H and O–H groups in total. The van der Waals surface area contributed by atoms with E-state index in [1.807, 2.05) is 32.0 Å². The summed E-state index contributed by atoms with van der Waals surface area (Å²) in [6.07, 6.45) is 0. The normalized spacial score (nSPS) is 9.94. The van der Waals surface area contributed by atoms with Crippen molar-refractivity contribution in [2.24, 2.45) is 0 Å². The van der Waals surface area contributed by atoms with E-state index in [4.69, 9.17) is 17.5 Å². The maximum atomic E-state index is 8.88. The van der Waals surface area contributed by atoms with E-state index in [-0.39, 0.29) is 0 Å². The van der Waals surface area contributed by atoms with Crippen molar-refractivity contribution in [3.8, 4) is 17.3 Å². The third-order valence-electron chi connectivity index (χ3n) is 2.79. The number of hydrogen-bond acceptors (Lipinski definition) is 3. The highest BCUT2D eigenvalue weighted by atomic mass is 32.1. The van der Waals surface area contributed by atoms with Crippen molar-refractivity contribution in [1.29, 1.82) is 5.26 Å². The highest BCUT2D eigenvalue weighted by molar-refractivity contribution is 7.71. The maximum absolute atomic E-state index is 8.88. The fraction of sp³-hybridized carbons (Fsp3) is 0.154. The monoisotopic (exact) mass is 241 g/mol. The van der Waals surface area contributed by atoms with E-state index in [2.05, 4.69) is 16.3 Å². The van der Waals surface area contributed by atoms with Crippen LogP contribution in [0.5, 0.6) is 0 Å². The number of benzene rings is 1. The molecule has 0 aliphatic heterocycles. The van der Waals surface area contributed by atoms with E-state index in [1.54, 1.807) is 6.07 Å². The van der Waals surface area contributed by atoms with Gasteiger partial charge in [0.1, 0.15) is 4.64 Å². The molecule has 0 atom stereocenters. The van der Waals surface area contributed by atoms with Gasteiger partial charge >= 0.3 is 0 Å². The van der Waals surface area contributed by atoms with Gasteiger partial charge in [0, 0.05) is 5.56 Å². The molecule has 0 spiro atoms. The SMILES string of the molecule is Cc1c(-c2cccc(C#N)c2)n[nH]c(=S)c1C. The van der Waals surface area contributed by atoms with Crippen molar-refractivity contribution in [1.82, 2.24) is 10.2 Å². The predicted molar refractivity (Wildman–Crippen MR) is 69.0 cm³/mol. The summed E-state index contributed by atoms with van der Waals surface area (Å²) in [7, 11) is 0. The molecule has 4 heteroatoms. The Hall–Kier alpha value is -1.99. The van der Waals surface area contributed by atoms with Crippen LogP contribution in [0.1, 0.15) is 16.7 Å². The maximum Gasteiger partial charge on any atom is 0.122 e. The van der Waals surface area contributed by atoms with Crippen molar-refractivity contribution in [3.63, 3.8) is 0 Å². The van der Waals surface area contributed by atoms with Gasteiger partial charge in [-0.3, -0.25) is 5.10 Å². The zero-order chi connectivity index (χ0) is 12.4. The molecule has 1 heterocycles. The van der Waals surface area contributed by atoms with Gasteiger partial charge in [-0.2, -0.15) is 10.4 Å². The van der Waals surface area contributed by atoms with Crippen molar-refractivity contribution in [2.75, 3.05) is 0 Å². The molecule has 0 fully saturated rings. The molecule has 3 nitrogen and oxygen atoms in total. The molecule has 0 unspecified atom stereocenters. The second-order valence-corrected chi connectivity index (χ2v) is 4.25. The van der Waals surface area contributed by atoms with Gasteiger partial charge in [-0.25, -0.2) is 0 Å². The second-order valence-electron chi connectivity index (χ2n) is 3.84. The molecule has 84 valence electrons. The molecule has 0 saturated carbocycles. The Kier molecular flexibility index (Phi) is 3.03. The summed E-state index contributed by atoms with van der Waals surface area (Å²) in [6.45, 7) is 3.95. The number of nitrogens with one attached hydrogen (secondary N) is 1. The number of rotatable bonds is 1. The van der Waals surface area contributed by atoms with E-state index in [0.29, 0.717) is 10.2 Å². The summed E-state index contributed by atoms with van der Waals surface area (Å²) < 4.78 is 0.655. The average Bonchev–Trinajstić information content (AvgIpc) is 2.36. The van der Waals surface area contributed by atoms with Gasteiger partial charge in [0.2, 0.25) is 0 Å². The van der Waals surface area contributed by atoms with Gasteiger partial charge in [0.25, 0.3) is 0 Å². The minimum Gasteiger partial charge on any atom is -0.267 e. The second kappa shape index (κ2) is 4.48. The predicted octanol–water partition coefficient (Wildman–Crippen LogP) is 3.29. The Morgan fingerprint density at radius 2 is 2.06 bits per heavy atom. The van der Waals surface area contributed by atoms with E-state index in [1.165, 1.54) is 0 Å². The van der Waals surface area contributed by atoms with E-state index in [0.717, 1.165) is 22.4 Å². The fourth-order valence-electron chi connectivity index (χ4n) is 1.64. The van der Waals surface area contributed by atoms with Crippen molar-refractivity contribution in [2.45, 2.75) is 13.8 Å². The van der Waals surface area contributed by atoms with Gasteiger partial charge < -0.3 is 0 Å². The molecule has 0 aliphatic carbocycles. The summed E-state index contributed by atoms with van der Waals surface area (Å²) >= 11 is 5.13. The van der Waals surface area contributed by atoms with Gasteiger partial charge in [0.05, 0.1) is 17.3 Å². The standard InChI is InChI=1S/C13H11N3S/c1-8-9(2)13(17)16-15-12(8)11-5-3-4-10(6-11)7-14/h3-6H,1-2H3,(H,16,17). The summed E-state index contributed by atoms with van der Waals surface area (Å²) in [5, 5.41) is 16.0. The van der Waals surface area contributed by atoms with Crippen LogP contribution in [0.3, 0.4) is 0 Å². The third kappa shape index (κ3) is 2.10. The Balaban J connectivity index is 2.65. The number of aromatic amines is 1. The van der Waals surface area contributed by atoms with Crippen LogP contribution in [0, 0.1) is 29.8 Å². The highest BCUT2D eigenvalue weighted by Gasteiger charge is 2.07. The van der Waals surface area contributed by atoms with E-state index in [9.17, 15) is 0 Å². The van der Waals surface area contributed by atoms with E-state index < -0.39 is 0 Å². The number of nitriles is 1. The molecule has 0 saturated heterocycles. The topological polar surface area (TPSA) is 52.5 Å². The van der Waals surface area contributed by atoms with Crippen molar-refractivity contribution in [3.05, 3.63) is 45.6 Å². The van der Waals surface area contributed by atoms with Crippen LogP contribution in [0.25, 0.3) is 11.3 Å². The average molecular weight is 241 g/mol. The van der Waals surface area contributed by atoms with Crippen LogP contribution in [0.15, 0.2) is 24.3 Å². The number of H-pyrrole nitrogens is 1. The molecule has 17 heavy (non-hydrogen) atoms. The van der Waals surface area contributed by atoms with Gasteiger partial charge in [0.15, 0.2) is 0 Å². The number of aromatic nitrogens is 2. The number of hydrogen-bond donors (Lipinski definition) is 1. The lowest BCUT2D eigenvalue weighted by Gasteiger charge is -2.07. The molecular formula is C13H11N3S. The molecule has 0 aliphatic rings. The molecule has 0 bridgehead atoms. The van der Waals surface area contributed by atoms with Crippen molar-refractivity contribution >= 4 is 12.2 Å². The summed E-state index contributed by atoms with van der Waals surface area (Å²) in [6, 6.07) is 9.51. The number of nitrogens with zero attached hydrogens (tertiary/aromatic N) is 2. The fourth-order valence-corrected chi connectivity index (χ4v) is 1.84. The van der Waals surface area contributed by atoms with E-state index >= 15 is 0 Å². The summed E-state index contributed by atoms with van der Waals surface area (Å²) in [5.41, 5.74) is 4.46. The Morgan fingerprint density at radius 3 is 2.76 bits per heavy atom. The van der Waals surface area contributed by atoms with Gasteiger partial charge in [-0.15, -0.1) is 0 Å². The van der Waals surface area contributed by atoms with Gasteiger partial charge in [-0.05, 0) is 37.1 Å². The van der Waals surface area contributed by atoms with Crippen molar-refractivity contribution < 1.29 is 0 Å². The van der Waals surface area contributed by atoms with Crippen LogP contribution in [0.4, 0.5) is 0 Å². The summed E-state index contributed by atoms with van der Waals surface area (Å²) in [5.74, 6) is 0. The molecule has 2 rings (SSSR count). The molecular weight excluding hydrogens is 230 g/mol.